The van der Waals surface area contributed by atoms with Crippen molar-refractivity contribution in [3.63, 3.8) is 0 Å². The van der Waals surface area contributed by atoms with Gasteiger partial charge in [0.2, 0.25) is 0 Å². The van der Waals surface area contributed by atoms with Gasteiger partial charge in [0.15, 0.2) is 0 Å². The highest BCUT2D eigenvalue weighted by molar-refractivity contribution is 5.99. The molecule has 0 aliphatic carbocycles. The van der Waals surface area contributed by atoms with Crippen LogP contribution in [0.4, 0.5) is 23.7 Å². The van der Waals surface area contributed by atoms with E-state index in [-0.39, 0.29) is 24.4 Å². The highest BCUT2D eigenvalue weighted by Crippen LogP contribution is 2.31. The largest absolute Gasteiger partial charge is 0.448 e. The van der Waals surface area contributed by atoms with Crippen LogP contribution in [0.2, 0.25) is 0 Å². The number of amides is 2. The first-order valence-corrected chi connectivity index (χ1v) is 5.64. The van der Waals surface area contributed by atoms with Gasteiger partial charge in [0.25, 0.3) is 5.91 Å². The molecule has 2 amide bonds. The number of nitrogens with one attached hydrogen (secondary N) is 2. The summed E-state index contributed by atoms with van der Waals surface area (Å²) in [5, 5.41) is 2.27. The van der Waals surface area contributed by atoms with Crippen LogP contribution in [0.5, 0.6) is 0 Å². The molecule has 1 rings (SSSR count). The molecule has 1 aromatic carbocycles. The summed E-state index contributed by atoms with van der Waals surface area (Å²) in [5.74, 6) is 4.34. The monoisotopic (exact) mass is 306 g/mol. The first-order valence-electron chi connectivity index (χ1n) is 5.64. The molecule has 116 valence electrons. The third kappa shape index (κ3) is 4.84. The molecule has 0 saturated heterocycles. The fourth-order valence-electron chi connectivity index (χ4n) is 1.45. The van der Waals surface area contributed by atoms with Crippen LogP contribution >= 0.6 is 0 Å². The maximum Gasteiger partial charge on any atom is 0.416 e. The lowest BCUT2D eigenvalue weighted by Gasteiger charge is -2.13. The van der Waals surface area contributed by atoms with Gasteiger partial charge in [0.1, 0.15) is 6.61 Å². The number of nitrogen functional groups attached to an aromatic ring is 1. The quantitative estimate of drug-likeness (QED) is 0.365. The molecule has 0 heterocycles. The summed E-state index contributed by atoms with van der Waals surface area (Å²) in [5.41, 5.74) is 5.59. The number of rotatable bonds is 5. The van der Waals surface area contributed by atoms with Gasteiger partial charge in [0.05, 0.1) is 23.4 Å². The minimum Gasteiger partial charge on any atom is -0.448 e. The maximum atomic E-state index is 12.6. The van der Waals surface area contributed by atoms with Gasteiger partial charge < -0.3 is 21.2 Å². The SMILES string of the molecule is NNc1ccc(C(F)(F)F)cc1C(=O)NCCOC(N)=O. The zero-order valence-corrected chi connectivity index (χ0v) is 10.7. The van der Waals surface area contributed by atoms with Crippen molar-refractivity contribution >= 4 is 17.7 Å². The number of nitrogens with two attached hydrogens (primary N) is 2. The number of benzene rings is 1. The summed E-state index contributed by atoms with van der Waals surface area (Å²) in [4.78, 5) is 22.1. The van der Waals surface area contributed by atoms with Crippen LogP contribution in [0.1, 0.15) is 15.9 Å². The van der Waals surface area contributed by atoms with E-state index < -0.39 is 23.7 Å². The summed E-state index contributed by atoms with van der Waals surface area (Å²) in [6, 6.07) is 2.50. The first-order chi connectivity index (χ1) is 9.75. The zero-order valence-electron chi connectivity index (χ0n) is 10.7. The fourth-order valence-corrected chi connectivity index (χ4v) is 1.45. The van der Waals surface area contributed by atoms with E-state index in [1.165, 1.54) is 0 Å². The normalized spacial score (nSPS) is 10.9. The Morgan fingerprint density at radius 3 is 2.48 bits per heavy atom. The van der Waals surface area contributed by atoms with Crippen molar-refractivity contribution in [2.75, 3.05) is 18.6 Å². The molecule has 0 saturated carbocycles. The van der Waals surface area contributed by atoms with E-state index in [4.69, 9.17) is 11.6 Å². The second-order valence-corrected chi connectivity index (χ2v) is 3.83. The van der Waals surface area contributed by atoms with E-state index in [1.54, 1.807) is 0 Å². The molecule has 0 aliphatic rings. The Kier molecular flexibility index (Phi) is 5.36. The molecule has 21 heavy (non-hydrogen) atoms. The number of carbonyl (C=O) groups is 2. The van der Waals surface area contributed by atoms with E-state index in [0.717, 1.165) is 12.1 Å². The van der Waals surface area contributed by atoms with Crippen molar-refractivity contribution < 1.29 is 27.5 Å². The van der Waals surface area contributed by atoms with Crippen LogP contribution in [-0.2, 0) is 10.9 Å². The Morgan fingerprint density at radius 1 is 1.29 bits per heavy atom. The molecule has 0 atom stereocenters. The van der Waals surface area contributed by atoms with Gasteiger partial charge in [-0.2, -0.15) is 13.2 Å². The molecular weight excluding hydrogens is 293 g/mol. The number of carbonyl (C=O) groups excluding carboxylic acids is 2. The second-order valence-electron chi connectivity index (χ2n) is 3.83. The van der Waals surface area contributed by atoms with E-state index in [0.29, 0.717) is 6.07 Å². The van der Waals surface area contributed by atoms with Crippen LogP contribution in [-0.4, -0.2) is 25.2 Å². The number of hydrazine groups is 1. The number of halogens is 3. The third-order valence-corrected chi connectivity index (χ3v) is 2.38. The van der Waals surface area contributed by atoms with E-state index in [2.05, 4.69) is 15.5 Å². The van der Waals surface area contributed by atoms with Crippen LogP contribution in [0, 0.1) is 0 Å². The van der Waals surface area contributed by atoms with Crippen molar-refractivity contribution in [2.24, 2.45) is 11.6 Å². The van der Waals surface area contributed by atoms with Gasteiger partial charge >= 0.3 is 12.3 Å². The summed E-state index contributed by atoms with van der Waals surface area (Å²) < 4.78 is 42.2. The lowest BCUT2D eigenvalue weighted by Crippen LogP contribution is -2.30. The number of hydrogen-bond acceptors (Lipinski definition) is 5. The molecule has 0 aromatic heterocycles. The smallest absolute Gasteiger partial charge is 0.416 e. The Morgan fingerprint density at radius 2 is 1.95 bits per heavy atom. The van der Waals surface area contributed by atoms with E-state index in [1.807, 2.05) is 0 Å². The van der Waals surface area contributed by atoms with Gasteiger partial charge in [-0.25, -0.2) is 4.79 Å². The average molecular weight is 306 g/mol. The highest BCUT2D eigenvalue weighted by Gasteiger charge is 2.31. The lowest BCUT2D eigenvalue weighted by atomic mass is 10.1. The standard InChI is InChI=1S/C11H13F3N4O3/c12-11(13,14)6-1-2-8(18-16)7(5-6)9(19)17-3-4-21-10(15)20/h1-2,5,18H,3-4,16H2,(H2,15,20)(H,17,19). The molecule has 6 N–H and O–H groups in total. The number of primary amides is 1. The van der Waals surface area contributed by atoms with Crippen LogP contribution in [0.15, 0.2) is 18.2 Å². The molecule has 1 aromatic rings. The number of hydrogen-bond donors (Lipinski definition) is 4. The Hall–Kier alpha value is -2.49. The number of ether oxygens (including phenoxy) is 1. The number of anilines is 1. The molecule has 10 heteroatoms. The zero-order chi connectivity index (χ0) is 16.0. The van der Waals surface area contributed by atoms with Crippen molar-refractivity contribution in [3.05, 3.63) is 29.3 Å². The summed E-state index contributed by atoms with van der Waals surface area (Å²) in [7, 11) is 0. The molecule has 0 aliphatic heterocycles. The van der Waals surface area contributed by atoms with Gasteiger partial charge in [-0.05, 0) is 18.2 Å². The van der Waals surface area contributed by atoms with E-state index in [9.17, 15) is 22.8 Å². The van der Waals surface area contributed by atoms with Gasteiger partial charge in [0, 0.05) is 0 Å². The van der Waals surface area contributed by atoms with Crippen molar-refractivity contribution in [1.29, 1.82) is 0 Å². The van der Waals surface area contributed by atoms with E-state index >= 15 is 0 Å². The topological polar surface area (TPSA) is 119 Å². The third-order valence-electron chi connectivity index (χ3n) is 2.38. The predicted molar refractivity (Wildman–Crippen MR) is 67.1 cm³/mol. The van der Waals surface area contributed by atoms with Gasteiger partial charge in [-0.1, -0.05) is 0 Å². The predicted octanol–water partition coefficient (Wildman–Crippen LogP) is 0.816. The fraction of sp³-hybridized carbons (Fsp3) is 0.273. The minimum atomic E-state index is -4.59. The first kappa shape index (κ1) is 16.6. The Balaban J connectivity index is 2.83. The number of alkyl halides is 3. The molecule has 0 fully saturated rings. The Labute approximate surface area is 117 Å². The maximum absolute atomic E-state index is 12.6. The molecule has 0 radical (unpaired) electrons. The average Bonchev–Trinajstić information content (AvgIpc) is 2.41. The Bertz CT molecular complexity index is 534. The van der Waals surface area contributed by atoms with Gasteiger partial charge in [-0.15, -0.1) is 0 Å². The van der Waals surface area contributed by atoms with Crippen LogP contribution in [0.25, 0.3) is 0 Å². The highest BCUT2D eigenvalue weighted by atomic mass is 19.4. The van der Waals surface area contributed by atoms with Crippen LogP contribution < -0.4 is 22.3 Å². The summed E-state index contributed by atoms with van der Waals surface area (Å²) >= 11 is 0. The van der Waals surface area contributed by atoms with Crippen LogP contribution in [0.3, 0.4) is 0 Å². The molecule has 0 unspecified atom stereocenters. The molecular formula is C11H13F3N4O3. The van der Waals surface area contributed by atoms with Crippen molar-refractivity contribution in [3.8, 4) is 0 Å². The van der Waals surface area contributed by atoms with Crippen molar-refractivity contribution in [2.45, 2.75) is 6.18 Å². The van der Waals surface area contributed by atoms with Crippen molar-refractivity contribution in [1.82, 2.24) is 5.32 Å². The second kappa shape index (κ2) is 6.79. The van der Waals surface area contributed by atoms with Gasteiger partial charge in [-0.3, -0.25) is 10.6 Å². The lowest BCUT2D eigenvalue weighted by molar-refractivity contribution is -0.137. The molecule has 7 nitrogen and oxygen atoms in total. The molecule has 0 spiro atoms. The summed E-state index contributed by atoms with van der Waals surface area (Å²) in [6.45, 7) is -0.312. The molecule has 0 bridgehead atoms. The minimum absolute atomic E-state index is 0.0244. The summed E-state index contributed by atoms with van der Waals surface area (Å²) in [6.07, 6.45) is -5.61.